The summed E-state index contributed by atoms with van der Waals surface area (Å²) in [7, 11) is 3.20. The number of nitrogens with zero attached hydrogens (tertiary/aromatic N) is 2. The molecular weight excluding hydrogens is 580 g/mol. The van der Waals surface area contributed by atoms with Gasteiger partial charge in [-0.25, -0.2) is 0 Å². The molecule has 0 aliphatic carbocycles. The fourth-order valence-electron chi connectivity index (χ4n) is 5.64. The highest BCUT2D eigenvalue weighted by atomic mass is 16.8. The van der Waals surface area contributed by atoms with Crippen molar-refractivity contribution < 1.29 is 38.9 Å². The van der Waals surface area contributed by atoms with Crippen LogP contribution in [0, 0.1) is 10.1 Å². The zero-order chi connectivity index (χ0) is 31.6. The van der Waals surface area contributed by atoms with Crippen molar-refractivity contribution in [3.8, 4) is 11.5 Å². The van der Waals surface area contributed by atoms with Crippen molar-refractivity contribution in [2.75, 3.05) is 20.8 Å². The van der Waals surface area contributed by atoms with E-state index in [1.54, 1.807) is 32.5 Å². The lowest BCUT2D eigenvalue weighted by Crippen LogP contribution is -2.40. The Morgan fingerprint density at radius 3 is 2.00 bits per heavy atom. The van der Waals surface area contributed by atoms with Crippen LogP contribution in [0.15, 0.2) is 109 Å². The van der Waals surface area contributed by atoms with E-state index in [4.69, 9.17) is 23.8 Å². The molecule has 2 N–H and O–H groups in total. The summed E-state index contributed by atoms with van der Waals surface area (Å²) in [5.41, 5.74) is 1.75. The number of nitro groups is 1. The van der Waals surface area contributed by atoms with E-state index in [0.29, 0.717) is 22.4 Å². The molecule has 0 bridgehead atoms. The van der Waals surface area contributed by atoms with Crippen LogP contribution in [0.5, 0.6) is 11.5 Å². The van der Waals surface area contributed by atoms with E-state index in [1.807, 2.05) is 78.9 Å². The van der Waals surface area contributed by atoms with E-state index in [0.717, 1.165) is 16.7 Å². The van der Waals surface area contributed by atoms with Gasteiger partial charge in [0.2, 0.25) is 0 Å². The predicted octanol–water partition coefficient (Wildman–Crippen LogP) is 4.45. The number of aliphatic hydroxyl groups excluding tert-OH is 2. The van der Waals surface area contributed by atoms with Crippen molar-refractivity contribution in [2.45, 2.75) is 30.2 Å². The zero-order valence-electron chi connectivity index (χ0n) is 24.6. The minimum absolute atomic E-state index is 0.0549. The van der Waals surface area contributed by atoms with Crippen molar-refractivity contribution in [2.24, 2.45) is 0 Å². The number of aliphatic hydroxyl groups is 2. The summed E-state index contributed by atoms with van der Waals surface area (Å²) >= 11 is 0. The first-order chi connectivity index (χ1) is 21.8. The molecule has 1 aromatic heterocycles. The lowest BCUT2D eigenvalue weighted by molar-refractivity contribution is -0.384. The van der Waals surface area contributed by atoms with Crippen LogP contribution in [-0.2, 0) is 15.1 Å². The second kappa shape index (κ2) is 12.6. The Balaban J connectivity index is 1.31. The largest absolute Gasteiger partial charge is 0.497 e. The second-order valence-electron chi connectivity index (χ2n) is 10.6. The third-order valence-electron chi connectivity index (χ3n) is 8.02. The number of nitro benzene ring substituents is 1. The van der Waals surface area contributed by atoms with Gasteiger partial charge in [-0.3, -0.25) is 10.1 Å². The number of ether oxygens (including phenoxy) is 4. The third-order valence-corrected chi connectivity index (χ3v) is 8.02. The van der Waals surface area contributed by atoms with Crippen LogP contribution in [0.2, 0.25) is 0 Å². The molecule has 4 aromatic carbocycles. The van der Waals surface area contributed by atoms with E-state index in [1.165, 1.54) is 16.9 Å². The Kier molecular flexibility index (Phi) is 8.42. The Labute approximate surface area is 258 Å². The van der Waals surface area contributed by atoms with E-state index in [2.05, 4.69) is 0 Å². The summed E-state index contributed by atoms with van der Waals surface area (Å²) in [5, 5.41) is 33.7. The minimum atomic E-state index is -1.40. The van der Waals surface area contributed by atoms with E-state index >= 15 is 0 Å². The van der Waals surface area contributed by atoms with Gasteiger partial charge in [-0.2, -0.15) is 4.73 Å². The number of benzene rings is 4. The molecule has 6 rings (SSSR count). The van der Waals surface area contributed by atoms with Crippen molar-refractivity contribution in [3.63, 3.8) is 0 Å². The Morgan fingerprint density at radius 1 is 0.822 bits per heavy atom. The van der Waals surface area contributed by atoms with Gasteiger partial charge in [0.15, 0.2) is 0 Å². The molecule has 4 atom stereocenters. The second-order valence-corrected chi connectivity index (χ2v) is 10.6. The topological polar surface area (TPSA) is 135 Å². The molecule has 2 heterocycles. The van der Waals surface area contributed by atoms with E-state index in [9.17, 15) is 20.3 Å². The molecule has 1 saturated heterocycles. The van der Waals surface area contributed by atoms with Gasteiger partial charge in [-0.05, 0) is 53.1 Å². The molecule has 1 unspecified atom stereocenters. The number of methoxy groups -OCH3 is 2. The monoisotopic (exact) mass is 612 g/mol. The summed E-state index contributed by atoms with van der Waals surface area (Å²) < 4.78 is 25.0. The predicted molar refractivity (Wildman–Crippen MR) is 164 cm³/mol. The van der Waals surface area contributed by atoms with Crippen LogP contribution < -0.4 is 14.3 Å². The Morgan fingerprint density at radius 2 is 1.42 bits per heavy atom. The minimum Gasteiger partial charge on any atom is -0.497 e. The Bertz CT molecular complexity index is 1710. The van der Waals surface area contributed by atoms with Crippen LogP contribution in [-0.4, -0.2) is 65.3 Å². The average Bonchev–Trinajstić information content (AvgIpc) is 3.61. The highest BCUT2D eigenvalue weighted by molar-refractivity contribution is 5.82. The molecule has 1 aliphatic rings. The Hall–Kier alpha value is -4.94. The first-order valence-corrected chi connectivity index (χ1v) is 14.3. The maximum absolute atomic E-state index is 11.2. The number of rotatable bonds is 11. The normalized spacial score (nSPS) is 19.8. The molecule has 0 amide bonds. The number of fused-ring (bicyclic) bond motifs is 1. The third kappa shape index (κ3) is 5.69. The first-order valence-electron chi connectivity index (χ1n) is 14.3. The molecular formula is C34H32N2O9. The van der Waals surface area contributed by atoms with Crippen LogP contribution in [0.1, 0.15) is 16.7 Å². The smallest absolute Gasteiger partial charge is 0.270 e. The van der Waals surface area contributed by atoms with Crippen LogP contribution in [0.4, 0.5) is 5.69 Å². The number of hydrogen-bond donors (Lipinski definition) is 2. The van der Waals surface area contributed by atoms with Crippen molar-refractivity contribution in [1.29, 1.82) is 0 Å². The maximum atomic E-state index is 11.2. The van der Waals surface area contributed by atoms with Crippen molar-refractivity contribution in [3.05, 3.63) is 136 Å². The molecule has 0 radical (unpaired) electrons. The average molecular weight is 613 g/mol. The summed E-state index contributed by atoms with van der Waals surface area (Å²) in [5.74, 6) is 1.36. The van der Waals surface area contributed by atoms with Gasteiger partial charge in [0.1, 0.15) is 35.4 Å². The molecule has 11 heteroatoms. The molecule has 45 heavy (non-hydrogen) atoms. The highest BCUT2D eigenvalue weighted by Gasteiger charge is 2.47. The van der Waals surface area contributed by atoms with Crippen LogP contribution in [0.3, 0.4) is 0 Å². The maximum Gasteiger partial charge on any atom is 0.270 e. The van der Waals surface area contributed by atoms with E-state index < -0.39 is 35.1 Å². The standard InChI is InChI=1S/C34H32N2O9/c1-41-27-13-8-24(9-14-27)34(23-6-4-3-5-7-23,25-10-15-28(42-2)16-11-25)43-21-30-31(37)32(38)33(44-30)45-35-19-18-22-20-26(36(39)40)12-17-29(22)35/h3-20,30-33,37-38H,21H2,1-2H3/t30-,31-,32-,33?/m1/s1. The molecule has 5 aromatic rings. The number of non-ortho nitro benzene ring substituents is 1. The first kappa shape index (κ1) is 30.1. The van der Waals surface area contributed by atoms with Gasteiger partial charge in [0.05, 0.1) is 31.3 Å². The van der Waals surface area contributed by atoms with Gasteiger partial charge in [-0.1, -0.05) is 54.6 Å². The van der Waals surface area contributed by atoms with Crippen LogP contribution >= 0.6 is 0 Å². The molecule has 11 nitrogen and oxygen atoms in total. The SMILES string of the molecule is COc1ccc(C(OC[C@H]2OC(On3ccc4cc([N+](=O)[O-])ccc43)[C@H](O)[C@@H]2O)(c2ccccc2)c2ccc(OC)cc2)cc1. The molecule has 232 valence electrons. The van der Waals surface area contributed by atoms with Crippen molar-refractivity contribution in [1.82, 2.24) is 4.73 Å². The van der Waals surface area contributed by atoms with Gasteiger partial charge in [0.25, 0.3) is 12.0 Å². The van der Waals surface area contributed by atoms with Crippen LogP contribution in [0.25, 0.3) is 10.9 Å². The van der Waals surface area contributed by atoms with Crippen molar-refractivity contribution >= 4 is 16.6 Å². The fraction of sp³-hybridized carbons (Fsp3) is 0.235. The molecule has 0 saturated carbocycles. The summed E-state index contributed by atoms with van der Waals surface area (Å²) in [6.07, 6.45) is -3.38. The number of aromatic nitrogens is 1. The summed E-state index contributed by atoms with van der Waals surface area (Å²) in [6.45, 7) is -0.121. The highest BCUT2D eigenvalue weighted by Crippen LogP contribution is 2.42. The molecule has 0 spiro atoms. The quantitative estimate of drug-likeness (QED) is 0.126. The number of hydrogen-bond acceptors (Lipinski definition) is 9. The summed E-state index contributed by atoms with van der Waals surface area (Å²) in [4.78, 5) is 16.6. The fourth-order valence-corrected chi connectivity index (χ4v) is 5.64. The lowest BCUT2D eigenvalue weighted by atomic mass is 9.80. The summed E-state index contributed by atoms with van der Waals surface area (Å²) in [6, 6.07) is 30.8. The molecule has 1 fully saturated rings. The van der Waals surface area contributed by atoms with Gasteiger partial charge in [-0.15, -0.1) is 0 Å². The zero-order valence-corrected chi connectivity index (χ0v) is 24.6. The van der Waals surface area contributed by atoms with Gasteiger partial charge < -0.3 is 34.0 Å². The van der Waals surface area contributed by atoms with E-state index in [-0.39, 0.29) is 12.3 Å². The van der Waals surface area contributed by atoms with Gasteiger partial charge in [0, 0.05) is 23.7 Å². The van der Waals surface area contributed by atoms with Gasteiger partial charge >= 0.3 is 0 Å². The lowest BCUT2D eigenvalue weighted by Gasteiger charge is -2.37. The molecule has 1 aliphatic heterocycles.